The molecule has 1 aromatic carbocycles. The minimum absolute atomic E-state index is 0.236. The van der Waals surface area contributed by atoms with Crippen molar-refractivity contribution in [2.75, 3.05) is 5.32 Å². The van der Waals surface area contributed by atoms with E-state index in [4.69, 9.17) is 0 Å². The van der Waals surface area contributed by atoms with E-state index in [1.165, 1.54) is 0 Å². The molecule has 1 aromatic heterocycles. The van der Waals surface area contributed by atoms with Crippen LogP contribution >= 0.6 is 11.3 Å². The van der Waals surface area contributed by atoms with Gasteiger partial charge in [-0.2, -0.15) is 0 Å². The van der Waals surface area contributed by atoms with Crippen molar-refractivity contribution >= 4 is 39.1 Å². The molecule has 5 nitrogen and oxygen atoms in total. The van der Waals surface area contributed by atoms with Gasteiger partial charge in [0.2, 0.25) is 5.91 Å². The number of carboxylic acids is 1. The summed E-state index contributed by atoms with van der Waals surface area (Å²) in [4.78, 5) is 28.4. The summed E-state index contributed by atoms with van der Waals surface area (Å²) in [7, 11) is 0. The van der Waals surface area contributed by atoms with Gasteiger partial charge in [-0.25, -0.2) is 4.98 Å². The minimum atomic E-state index is -0.918. The Morgan fingerprint density at radius 2 is 1.96 bits per heavy atom. The van der Waals surface area contributed by atoms with Crippen LogP contribution in [0.25, 0.3) is 10.2 Å². The third kappa shape index (κ3) is 3.33. The molecule has 1 amide bonds. The van der Waals surface area contributed by atoms with Gasteiger partial charge >= 0.3 is 5.97 Å². The maximum absolute atomic E-state index is 12.5. The molecule has 1 heterocycles. The number of carbonyl (C=O) groups excluding carboxylic acids is 1. The van der Waals surface area contributed by atoms with Crippen LogP contribution in [0.1, 0.15) is 37.6 Å². The average molecular weight is 344 g/mol. The highest BCUT2D eigenvalue weighted by molar-refractivity contribution is 7.18. The van der Waals surface area contributed by atoms with Crippen molar-refractivity contribution in [3.63, 3.8) is 0 Å². The van der Waals surface area contributed by atoms with E-state index in [0.29, 0.717) is 24.4 Å². The van der Waals surface area contributed by atoms with Crippen LogP contribution in [0.4, 0.5) is 5.69 Å². The Labute approximate surface area is 144 Å². The molecule has 6 heteroatoms. The highest BCUT2D eigenvalue weighted by atomic mass is 32.1. The second-order valence-corrected chi connectivity index (χ2v) is 7.43. The van der Waals surface area contributed by atoms with Crippen LogP contribution in [0.5, 0.6) is 0 Å². The maximum atomic E-state index is 12.5. The molecule has 2 atom stereocenters. The Hall–Kier alpha value is -2.21. The molecule has 24 heavy (non-hydrogen) atoms. The summed E-state index contributed by atoms with van der Waals surface area (Å²) in [6.45, 7) is 4.20. The first-order valence-electron chi connectivity index (χ1n) is 8.05. The number of amides is 1. The minimum Gasteiger partial charge on any atom is -0.481 e. The second kappa shape index (κ2) is 6.73. The molecule has 0 fully saturated rings. The van der Waals surface area contributed by atoms with Crippen molar-refractivity contribution in [1.82, 2.24) is 4.98 Å². The molecule has 0 saturated carbocycles. The normalized spacial score (nSPS) is 20.5. The van der Waals surface area contributed by atoms with Gasteiger partial charge in [0, 0.05) is 11.6 Å². The summed E-state index contributed by atoms with van der Waals surface area (Å²) in [6, 6.07) is 5.62. The first-order valence-corrected chi connectivity index (χ1v) is 8.86. The zero-order chi connectivity index (χ0) is 17.3. The van der Waals surface area contributed by atoms with Gasteiger partial charge in [-0.15, -0.1) is 11.3 Å². The molecule has 1 aliphatic rings. The molecular formula is C18H20N2O3S. The van der Waals surface area contributed by atoms with Crippen LogP contribution in [0.15, 0.2) is 30.4 Å². The van der Waals surface area contributed by atoms with Crippen LogP contribution in [0.3, 0.4) is 0 Å². The summed E-state index contributed by atoms with van der Waals surface area (Å²) >= 11 is 1.62. The largest absolute Gasteiger partial charge is 0.481 e. The Bertz CT molecular complexity index is 810. The molecule has 0 radical (unpaired) electrons. The maximum Gasteiger partial charge on any atom is 0.307 e. The standard InChI is InChI=1S/C18H20N2O3S/c1-10(2)17-20-14-8-7-11(9-15(14)24-17)19-16(21)12-5-3-4-6-13(12)18(22)23/h3-4,7-10,12-13H,5-6H2,1-2H3,(H,19,21)(H,22,23). The third-order valence-electron chi connectivity index (χ3n) is 4.25. The van der Waals surface area contributed by atoms with Gasteiger partial charge in [-0.3, -0.25) is 9.59 Å². The smallest absolute Gasteiger partial charge is 0.307 e. The lowest BCUT2D eigenvalue weighted by molar-refractivity contribution is -0.146. The number of aliphatic carboxylic acids is 1. The number of hydrogen-bond donors (Lipinski definition) is 2. The fraction of sp³-hybridized carbons (Fsp3) is 0.389. The van der Waals surface area contributed by atoms with Crippen molar-refractivity contribution in [3.8, 4) is 0 Å². The van der Waals surface area contributed by atoms with Crippen molar-refractivity contribution in [2.45, 2.75) is 32.6 Å². The lowest BCUT2D eigenvalue weighted by Crippen LogP contribution is -2.34. The number of rotatable bonds is 4. The van der Waals surface area contributed by atoms with E-state index in [1.807, 2.05) is 30.4 Å². The van der Waals surface area contributed by atoms with Crippen LogP contribution in [-0.4, -0.2) is 22.0 Å². The zero-order valence-electron chi connectivity index (χ0n) is 13.7. The number of hydrogen-bond acceptors (Lipinski definition) is 4. The molecule has 2 unspecified atom stereocenters. The molecule has 3 rings (SSSR count). The lowest BCUT2D eigenvalue weighted by atomic mass is 9.82. The van der Waals surface area contributed by atoms with E-state index in [9.17, 15) is 14.7 Å². The Balaban J connectivity index is 1.79. The summed E-state index contributed by atoms with van der Waals surface area (Å²) in [5.41, 5.74) is 1.61. The number of carboxylic acid groups (broad SMARTS) is 1. The predicted octanol–water partition coefficient (Wildman–Crippen LogP) is 4.03. The van der Waals surface area contributed by atoms with Crippen LogP contribution < -0.4 is 5.32 Å². The van der Waals surface area contributed by atoms with E-state index >= 15 is 0 Å². The molecule has 2 aromatic rings. The number of anilines is 1. The van der Waals surface area contributed by atoms with Gasteiger partial charge in [0.05, 0.1) is 27.1 Å². The van der Waals surface area contributed by atoms with Crippen molar-refractivity contribution in [1.29, 1.82) is 0 Å². The number of carbonyl (C=O) groups is 2. The molecule has 2 N–H and O–H groups in total. The zero-order valence-corrected chi connectivity index (χ0v) is 14.5. The predicted molar refractivity (Wildman–Crippen MR) is 95.3 cm³/mol. The van der Waals surface area contributed by atoms with Gasteiger partial charge in [-0.1, -0.05) is 26.0 Å². The van der Waals surface area contributed by atoms with Gasteiger partial charge in [-0.05, 0) is 31.0 Å². The van der Waals surface area contributed by atoms with Gasteiger partial charge < -0.3 is 10.4 Å². The number of nitrogens with zero attached hydrogens (tertiary/aromatic N) is 1. The summed E-state index contributed by atoms with van der Waals surface area (Å²) < 4.78 is 1.02. The number of fused-ring (bicyclic) bond motifs is 1. The van der Waals surface area contributed by atoms with Crippen molar-refractivity contribution in [2.24, 2.45) is 11.8 Å². The van der Waals surface area contributed by atoms with E-state index in [1.54, 1.807) is 11.3 Å². The van der Waals surface area contributed by atoms with E-state index in [0.717, 1.165) is 15.2 Å². The summed E-state index contributed by atoms with van der Waals surface area (Å²) in [5.74, 6) is -1.98. The highest BCUT2D eigenvalue weighted by Gasteiger charge is 2.33. The summed E-state index contributed by atoms with van der Waals surface area (Å²) in [5, 5.41) is 13.2. The third-order valence-corrected chi connectivity index (χ3v) is 5.57. The number of allylic oxidation sites excluding steroid dienone is 2. The van der Waals surface area contributed by atoms with Crippen LogP contribution in [-0.2, 0) is 9.59 Å². The summed E-state index contributed by atoms with van der Waals surface area (Å²) in [6.07, 6.45) is 4.58. The van der Waals surface area contributed by atoms with Gasteiger partial charge in [0.25, 0.3) is 0 Å². The number of thiazole rings is 1. The highest BCUT2D eigenvalue weighted by Crippen LogP contribution is 2.31. The van der Waals surface area contributed by atoms with Gasteiger partial charge in [0.15, 0.2) is 0 Å². The fourth-order valence-corrected chi connectivity index (χ4v) is 3.89. The van der Waals surface area contributed by atoms with Crippen molar-refractivity contribution < 1.29 is 14.7 Å². The molecule has 0 spiro atoms. The van der Waals surface area contributed by atoms with E-state index < -0.39 is 17.8 Å². The molecule has 1 aliphatic carbocycles. The van der Waals surface area contributed by atoms with Crippen molar-refractivity contribution in [3.05, 3.63) is 35.4 Å². The quantitative estimate of drug-likeness (QED) is 0.821. The number of aromatic nitrogens is 1. The van der Waals surface area contributed by atoms with Crippen LogP contribution in [0, 0.1) is 11.8 Å². The molecule has 0 bridgehead atoms. The van der Waals surface area contributed by atoms with E-state index in [2.05, 4.69) is 24.1 Å². The number of benzene rings is 1. The first-order chi connectivity index (χ1) is 11.5. The molecule has 0 saturated heterocycles. The van der Waals surface area contributed by atoms with Crippen LogP contribution in [0.2, 0.25) is 0 Å². The molecule has 126 valence electrons. The average Bonchev–Trinajstić information content (AvgIpc) is 2.98. The SMILES string of the molecule is CC(C)c1nc2ccc(NC(=O)C3CC=CCC3C(=O)O)cc2s1. The van der Waals surface area contributed by atoms with E-state index in [-0.39, 0.29) is 5.91 Å². The first kappa shape index (κ1) is 16.6. The molecule has 0 aliphatic heterocycles. The monoisotopic (exact) mass is 344 g/mol. The fourth-order valence-electron chi connectivity index (χ4n) is 2.88. The lowest BCUT2D eigenvalue weighted by Gasteiger charge is -2.24. The van der Waals surface area contributed by atoms with Gasteiger partial charge in [0.1, 0.15) is 0 Å². The topological polar surface area (TPSA) is 79.3 Å². The number of nitrogens with one attached hydrogen (secondary N) is 1. The Morgan fingerprint density at radius 3 is 2.62 bits per heavy atom. The molecular weight excluding hydrogens is 324 g/mol. The Kier molecular flexibility index (Phi) is 4.66. The second-order valence-electron chi connectivity index (χ2n) is 6.37. The Morgan fingerprint density at radius 1 is 1.25 bits per heavy atom.